The highest BCUT2D eigenvalue weighted by Gasteiger charge is 2.57. The van der Waals surface area contributed by atoms with Crippen molar-refractivity contribution in [3.05, 3.63) is 76.9 Å². The SMILES string of the molecule is CCc1nc2c(cnn2CC)c(NC2CCOCC2)c1CC1CCC1(C(N)=O)C(=O)NCc1ccc(F)c(-c2cccc(CN3CCN[C@@H](C)C3)c2)c1. The number of hydrogen-bond donors (Lipinski definition) is 4. The predicted molar refractivity (Wildman–Crippen MR) is 205 cm³/mol. The molecule has 2 aromatic carbocycles. The van der Waals surface area contributed by atoms with E-state index in [2.05, 4.69) is 45.9 Å². The predicted octanol–water partition coefficient (Wildman–Crippen LogP) is 4.94. The molecule has 12 heteroatoms. The second-order valence-electron chi connectivity index (χ2n) is 15.1. The summed E-state index contributed by atoms with van der Waals surface area (Å²) in [7, 11) is 0. The van der Waals surface area contributed by atoms with Crippen LogP contribution in [0.1, 0.15) is 68.8 Å². The van der Waals surface area contributed by atoms with Gasteiger partial charge in [-0.25, -0.2) is 14.1 Å². The number of hydrogen-bond acceptors (Lipinski definition) is 8. The molecule has 4 heterocycles. The van der Waals surface area contributed by atoms with Crippen LogP contribution in [0, 0.1) is 17.2 Å². The molecule has 0 spiro atoms. The number of ether oxygens (including phenoxy) is 1. The molecule has 4 aromatic rings. The van der Waals surface area contributed by atoms with Gasteiger partial charge in [0.15, 0.2) is 5.65 Å². The van der Waals surface area contributed by atoms with E-state index < -0.39 is 11.3 Å². The van der Waals surface area contributed by atoms with Gasteiger partial charge in [-0.15, -0.1) is 0 Å². The first kappa shape index (κ1) is 36.9. The number of carbonyl (C=O) groups is 2. The average molecular weight is 725 g/mol. The van der Waals surface area contributed by atoms with E-state index >= 15 is 4.39 Å². The minimum atomic E-state index is -1.36. The van der Waals surface area contributed by atoms with Gasteiger partial charge in [0.25, 0.3) is 0 Å². The van der Waals surface area contributed by atoms with Crippen molar-refractivity contribution in [3.63, 3.8) is 0 Å². The zero-order chi connectivity index (χ0) is 37.1. The summed E-state index contributed by atoms with van der Waals surface area (Å²) in [4.78, 5) is 34.9. The van der Waals surface area contributed by atoms with Crippen LogP contribution in [0.5, 0.6) is 0 Å². The normalized spacial score (nSPS) is 22.4. The maximum atomic E-state index is 15.3. The molecule has 1 aliphatic carbocycles. The van der Waals surface area contributed by atoms with Gasteiger partial charge in [0.1, 0.15) is 11.2 Å². The number of carbonyl (C=O) groups excluding carboxylic acids is 2. The third kappa shape index (κ3) is 7.54. The van der Waals surface area contributed by atoms with Crippen LogP contribution in [-0.4, -0.2) is 76.4 Å². The molecule has 2 amide bonds. The van der Waals surface area contributed by atoms with E-state index in [1.54, 1.807) is 12.1 Å². The summed E-state index contributed by atoms with van der Waals surface area (Å²) < 4.78 is 22.8. The lowest BCUT2D eigenvalue weighted by Gasteiger charge is -2.46. The second-order valence-corrected chi connectivity index (χ2v) is 15.1. The van der Waals surface area contributed by atoms with Crippen molar-refractivity contribution in [2.45, 2.75) is 91.0 Å². The fourth-order valence-electron chi connectivity index (χ4n) is 8.52. The number of piperazine rings is 1. The molecule has 3 atom stereocenters. The summed E-state index contributed by atoms with van der Waals surface area (Å²) in [6, 6.07) is 13.6. The number of anilines is 1. The first-order valence-electron chi connectivity index (χ1n) is 19.3. The summed E-state index contributed by atoms with van der Waals surface area (Å²) in [5.74, 6) is -1.63. The Morgan fingerprint density at radius 3 is 2.66 bits per heavy atom. The number of primary amides is 1. The van der Waals surface area contributed by atoms with Crippen molar-refractivity contribution in [1.82, 2.24) is 30.3 Å². The van der Waals surface area contributed by atoms with E-state index in [9.17, 15) is 9.59 Å². The van der Waals surface area contributed by atoms with Crippen LogP contribution in [0.15, 0.2) is 48.7 Å². The lowest BCUT2D eigenvalue weighted by molar-refractivity contribution is -0.154. The molecule has 2 aliphatic heterocycles. The van der Waals surface area contributed by atoms with Gasteiger partial charge in [0.05, 0.1) is 17.3 Å². The number of nitrogens with two attached hydrogens (primary N) is 1. The van der Waals surface area contributed by atoms with Gasteiger partial charge >= 0.3 is 0 Å². The molecule has 53 heavy (non-hydrogen) atoms. The van der Waals surface area contributed by atoms with Gasteiger partial charge in [-0.05, 0) is 98.7 Å². The van der Waals surface area contributed by atoms with Crippen molar-refractivity contribution < 1.29 is 18.7 Å². The number of aromatic nitrogens is 3. The molecule has 3 aliphatic rings. The first-order chi connectivity index (χ1) is 25.7. The highest BCUT2D eigenvalue weighted by molar-refractivity contribution is 6.06. The molecule has 2 saturated heterocycles. The number of nitrogens with one attached hydrogen (secondary N) is 3. The largest absolute Gasteiger partial charge is 0.381 e. The minimum Gasteiger partial charge on any atom is -0.381 e. The summed E-state index contributed by atoms with van der Waals surface area (Å²) in [5, 5.41) is 15.9. The van der Waals surface area contributed by atoms with Gasteiger partial charge < -0.3 is 26.4 Å². The number of benzene rings is 2. The van der Waals surface area contributed by atoms with Crippen LogP contribution in [0.25, 0.3) is 22.2 Å². The van der Waals surface area contributed by atoms with E-state index in [0.29, 0.717) is 57.0 Å². The maximum absolute atomic E-state index is 15.3. The summed E-state index contributed by atoms with van der Waals surface area (Å²) >= 11 is 0. The monoisotopic (exact) mass is 724 g/mol. The number of aryl methyl sites for hydroxylation is 2. The van der Waals surface area contributed by atoms with Gasteiger partial charge in [-0.3, -0.25) is 14.5 Å². The number of rotatable bonds is 13. The van der Waals surface area contributed by atoms with Crippen molar-refractivity contribution in [1.29, 1.82) is 0 Å². The van der Waals surface area contributed by atoms with Crippen LogP contribution in [0.4, 0.5) is 10.1 Å². The van der Waals surface area contributed by atoms with Crippen LogP contribution in [0.2, 0.25) is 0 Å². The van der Waals surface area contributed by atoms with Gasteiger partial charge in [-0.2, -0.15) is 5.10 Å². The molecule has 3 fully saturated rings. The van der Waals surface area contributed by atoms with E-state index in [0.717, 1.165) is 83.7 Å². The van der Waals surface area contributed by atoms with Gasteiger partial charge in [0, 0.05) is 75.8 Å². The number of fused-ring (bicyclic) bond motifs is 1. The zero-order valence-electron chi connectivity index (χ0n) is 31.2. The number of amides is 2. The fraction of sp³-hybridized carbons (Fsp3) is 0.512. The lowest BCUT2D eigenvalue weighted by Crippen LogP contribution is -2.60. The Morgan fingerprint density at radius 1 is 1.11 bits per heavy atom. The summed E-state index contributed by atoms with van der Waals surface area (Å²) in [5.41, 5.74) is 11.6. The van der Waals surface area contributed by atoms with Crippen molar-refractivity contribution in [3.8, 4) is 11.1 Å². The fourth-order valence-corrected chi connectivity index (χ4v) is 8.52. The van der Waals surface area contributed by atoms with E-state index in [-0.39, 0.29) is 30.2 Å². The van der Waals surface area contributed by atoms with Crippen molar-refractivity contribution in [2.75, 3.05) is 38.2 Å². The van der Waals surface area contributed by atoms with E-state index in [4.69, 9.17) is 15.5 Å². The van der Waals surface area contributed by atoms with Gasteiger partial charge in [-0.1, -0.05) is 31.2 Å². The Hall–Kier alpha value is -4.39. The number of nitrogens with zero attached hydrogens (tertiary/aromatic N) is 4. The quantitative estimate of drug-likeness (QED) is 0.142. The first-order valence-corrected chi connectivity index (χ1v) is 19.3. The Kier molecular flexibility index (Phi) is 11.1. The molecule has 11 nitrogen and oxygen atoms in total. The molecule has 5 N–H and O–H groups in total. The second kappa shape index (κ2) is 15.9. The summed E-state index contributed by atoms with van der Waals surface area (Å²) in [6.07, 6.45) is 5.87. The molecule has 282 valence electrons. The third-order valence-electron chi connectivity index (χ3n) is 11.6. The van der Waals surface area contributed by atoms with E-state index in [1.807, 2.05) is 36.0 Å². The smallest absolute Gasteiger partial charge is 0.236 e. The molecule has 2 aromatic heterocycles. The van der Waals surface area contributed by atoms with Crippen molar-refractivity contribution in [2.24, 2.45) is 17.1 Å². The number of pyridine rings is 1. The topological polar surface area (TPSA) is 139 Å². The highest BCUT2D eigenvalue weighted by Crippen LogP contribution is 2.50. The van der Waals surface area contributed by atoms with Crippen LogP contribution >= 0.6 is 0 Å². The lowest BCUT2D eigenvalue weighted by atomic mass is 9.57. The number of halogens is 1. The zero-order valence-corrected chi connectivity index (χ0v) is 31.2. The minimum absolute atomic E-state index is 0.146. The van der Waals surface area contributed by atoms with Crippen LogP contribution in [0.3, 0.4) is 0 Å². The Labute approximate surface area is 311 Å². The molecular weight excluding hydrogens is 672 g/mol. The Morgan fingerprint density at radius 2 is 1.94 bits per heavy atom. The highest BCUT2D eigenvalue weighted by atomic mass is 19.1. The van der Waals surface area contributed by atoms with E-state index in [1.165, 1.54) is 6.07 Å². The van der Waals surface area contributed by atoms with Gasteiger partial charge in [0.2, 0.25) is 11.8 Å². The Bertz CT molecular complexity index is 1960. The molecule has 2 unspecified atom stereocenters. The molecular formula is C41H53FN8O3. The standard InChI is InChI=1S/C41H53FN8O3/c1-4-36-33(37(47-31-12-17-53-18-13-31)34-23-46-50(5-2)38(34)48-36)21-30-11-14-41(30,39(43)51)40(52)45-22-27-9-10-35(42)32(20-27)29-8-6-7-28(19-29)25-49-16-15-44-26(3)24-49/h6-10,19-20,23,26,30-31,44H,4-5,11-18,21-22,24-25H2,1-3H3,(H2,43,51)(H,45,52)(H,47,48)/t26-,30?,41?/m0/s1. The van der Waals surface area contributed by atoms with Crippen LogP contribution in [-0.2, 0) is 46.8 Å². The maximum Gasteiger partial charge on any atom is 0.236 e. The van der Waals surface area contributed by atoms with Crippen molar-refractivity contribution >= 4 is 28.5 Å². The molecule has 7 rings (SSSR count). The third-order valence-corrected chi connectivity index (χ3v) is 11.6. The van der Waals surface area contributed by atoms with Crippen LogP contribution < -0.4 is 21.7 Å². The average Bonchev–Trinajstić information content (AvgIpc) is 3.57. The molecule has 0 radical (unpaired) electrons. The Balaban J connectivity index is 1.10. The molecule has 1 saturated carbocycles. The molecule has 0 bridgehead atoms. The summed E-state index contributed by atoms with van der Waals surface area (Å²) in [6.45, 7) is 12.2.